The molecular weight excluding hydrogens is 322 g/mol. The van der Waals surface area contributed by atoms with Crippen molar-refractivity contribution in [1.82, 2.24) is 4.90 Å². The number of likely N-dealkylation sites (N-methyl/N-ethyl adjacent to an activating group) is 1. The van der Waals surface area contributed by atoms with E-state index < -0.39 is 11.9 Å². The first-order valence-electron chi connectivity index (χ1n) is 8.54. The summed E-state index contributed by atoms with van der Waals surface area (Å²) in [5.41, 5.74) is 0.216. The highest BCUT2D eigenvalue weighted by molar-refractivity contribution is 6.03. The van der Waals surface area contributed by atoms with Crippen LogP contribution in [0.1, 0.15) is 53.3 Å². The molecule has 1 aliphatic carbocycles. The van der Waals surface area contributed by atoms with Gasteiger partial charge in [0, 0.05) is 13.1 Å². The number of rotatable bonds is 5. The first-order valence-corrected chi connectivity index (χ1v) is 8.54. The zero-order chi connectivity index (χ0) is 18.4. The number of carbonyl (C=O) groups excluding carboxylic acids is 3. The van der Waals surface area contributed by atoms with E-state index in [1.54, 1.807) is 24.1 Å². The molecule has 1 aromatic carbocycles. The number of hydrogen-bond acceptors (Lipinski definition) is 5. The van der Waals surface area contributed by atoms with Crippen molar-refractivity contribution >= 4 is 17.8 Å². The lowest BCUT2D eigenvalue weighted by Crippen LogP contribution is -2.41. The first kappa shape index (κ1) is 19.0. The van der Waals surface area contributed by atoms with E-state index >= 15 is 0 Å². The van der Waals surface area contributed by atoms with Crippen LogP contribution < -0.4 is 0 Å². The van der Waals surface area contributed by atoms with Crippen molar-refractivity contribution in [1.29, 1.82) is 0 Å². The van der Waals surface area contributed by atoms with Crippen molar-refractivity contribution in [2.45, 2.75) is 38.6 Å². The number of esters is 2. The third-order valence-corrected chi connectivity index (χ3v) is 4.81. The number of carbonyl (C=O) groups is 3. The van der Waals surface area contributed by atoms with Crippen molar-refractivity contribution < 1.29 is 23.9 Å². The van der Waals surface area contributed by atoms with E-state index in [-0.39, 0.29) is 29.7 Å². The van der Waals surface area contributed by atoms with Crippen LogP contribution in [0.2, 0.25) is 0 Å². The lowest BCUT2D eigenvalue weighted by molar-refractivity contribution is -0.136. The molecule has 1 fully saturated rings. The molecule has 25 heavy (non-hydrogen) atoms. The second-order valence-electron chi connectivity index (χ2n) is 6.53. The second-order valence-corrected chi connectivity index (χ2v) is 6.53. The number of hydrogen-bond donors (Lipinski definition) is 0. The Hall–Kier alpha value is -2.37. The Bertz CT molecular complexity index is 634. The zero-order valence-corrected chi connectivity index (χ0v) is 15.0. The number of benzene rings is 1. The smallest absolute Gasteiger partial charge is 0.339 e. The van der Waals surface area contributed by atoms with Crippen molar-refractivity contribution in [2.24, 2.45) is 5.92 Å². The van der Waals surface area contributed by atoms with E-state index in [0.717, 1.165) is 25.7 Å². The number of ether oxygens (including phenoxy) is 2. The highest BCUT2D eigenvalue weighted by Gasteiger charge is 2.26. The van der Waals surface area contributed by atoms with E-state index in [0.29, 0.717) is 5.92 Å². The standard InChI is InChI=1S/C19H25NO5/c1-13-8-10-14(11-9-13)20(2)17(21)12-25-19(23)16-7-5-4-6-15(16)18(22)24-3/h4-7,13-14H,8-12H2,1-3H3. The monoisotopic (exact) mass is 347 g/mol. The molecule has 0 spiro atoms. The highest BCUT2D eigenvalue weighted by atomic mass is 16.5. The third kappa shape index (κ3) is 4.81. The summed E-state index contributed by atoms with van der Waals surface area (Å²) in [4.78, 5) is 37.9. The lowest BCUT2D eigenvalue weighted by Gasteiger charge is -2.33. The highest BCUT2D eigenvalue weighted by Crippen LogP contribution is 2.26. The Morgan fingerprint density at radius 2 is 1.60 bits per heavy atom. The normalized spacial score (nSPS) is 19.8. The Kier molecular flexibility index (Phi) is 6.56. The molecule has 6 heteroatoms. The van der Waals surface area contributed by atoms with Gasteiger partial charge in [-0.25, -0.2) is 9.59 Å². The molecule has 6 nitrogen and oxygen atoms in total. The summed E-state index contributed by atoms with van der Waals surface area (Å²) in [5, 5.41) is 0. The van der Waals surface area contributed by atoms with Crippen molar-refractivity contribution in [2.75, 3.05) is 20.8 Å². The van der Waals surface area contributed by atoms with Crippen molar-refractivity contribution in [3.8, 4) is 0 Å². The molecule has 0 atom stereocenters. The molecule has 0 heterocycles. The molecule has 0 radical (unpaired) electrons. The van der Waals surface area contributed by atoms with E-state index in [1.165, 1.54) is 19.2 Å². The van der Waals surface area contributed by atoms with E-state index in [4.69, 9.17) is 4.74 Å². The maximum atomic E-state index is 12.3. The molecule has 1 saturated carbocycles. The van der Waals surface area contributed by atoms with E-state index in [1.807, 2.05) is 0 Å². The number of nitrogens with zero attached hydrogens (tertiary/aromatic N) is 1. The minimum absolute atomic E-state index is 0.0938. The van der Waals surface area contributed by atoms with Gasteiger partial charge in [0.15, 0.2) is 6.61 Å². The summed E-state index contributed by atoms with van der Waals surface area (Å²) in [7, 11) is 2.99. The van der Waals surface area contributed by atoms with Gasteiger partial charge in [-0.1, -0.05) is 19.1 Å². The van der Waals surface area contributed by atoms with Gasteiger partial charge in [-0.2, -0.15) is 0 Å². The quantitative estimate of drug-likeness (QED) is 0.766. The SMILES string of the molecule is COC(=O)c1ccccc1C(=O)OCC(=O)N(C)C1CCC(C)CC1. The van der Waals surface area contributed by atoms with Crippen LogP contribution in [-0.4, -0.2) is 49.6 Å². The van der Waals surface area contributed by atoms with Crippen LogP contribution in [-0.2, 0) is 14.3 Å². The molecule has 0 bridgehead atoms. The predicted molar refractivity (Wildman–Crippen MR) is 92.3 cm³/mol. The molecule has 0 saturated heterocycles. The molecular formula is C19H25NO5. The maximum absolute atomic E-state index is 12.3. The van der Waals surface area contributed by atoms with Gasteiger partial charge in [-0.3, -0.25) is 4.79 Å². The van der Waals surface area contributed by atoms with Crippen LogP contribution in [0.25, 0.3) is 0 Å². The summed E-state index contributed by atoms with van der Waals surface area (Å²) < 4.78 is 9.78. The number of methoxy groups -OCH3 is 1. The van der Waals surface area contributed by atoms with Crippen molar-refractivity contribution in [3.05, 3.63) is 35.4 Å². The van der Waals surface area contributed by atoms with Crippen LogP contribution in [0.15, 0.2) is 24.3 Å². The molecule has 0 N–H and O–H groups in total. The van der Waals surface area contributed by atoms with Gasteiger partial charge in [-0.15, -0.1) is 0 Å². The molecule has 1 aliphatic rings. The minimum atomic E-state index is -0.708. The largest absolute Gasteiger partial charge is 0.465 e. The molecule has 1 amide bonds. The summed E-state index contributed by atoms with van der Waals surface area (Å²) >= 11 is 0. The van der Waals surface area contributed by atoms with Crippen molar-refractivity contribution in [3.63, 3.8) is 0 Å². The lowest BCUT2D eigenvalue weighted by atomic mass is 9.87. The summed E-state index contributed by atoms with van der Waals surface area (Å²) in [6.07, 6.45) is 4.16. The zero-order valence-electron chi connectivity index (χ0n) is 15.0. The van der Waals surface area contributed by atoms with Crippen LogP contribution in [0.3, 0.4) is 0 Å². The van der Waals surface area contributed by atoms with Gasteiger partial charge >= 0.3 is 11.9 Å². The minimum Gasteiger partial charge on any atom is -0.465 e. The molecule has 1 aromatic rings. The van der Waals surface area contributed by atoms with Gasteiger partial charge in [0.25, 0.3) is 5.91 Å². The van der Waals surface area contributed by atoms with Gasteiger partial charge < -0.3 is 14.4 Å². The molecule has 136 valence electrons. The fourth-order valence-corrected chi connectivity index (χ4v) is 3.09. The van der Waals surface area contributed by atoms with Gasteiger partial charge in [0.2, 0.25) is 0 Å². The summed E-state index contributed by atoms with van der Waals surface area (Å²) in [6.45, 7) is 1.88. The van der Waals surface area contributed by atoms with Gasteiger partial charge in [0.05, 0.1) is 18.2 Å². The van der Waals surface area contributed by atoms with E-state index in [9.17, 15) is 14.4 Å². The van der Waals surface area contributed by atoms with Crippen LogP contribution in [0.5, 0.6) is 0 Å². The second kappa shape index (κ2) is 8.65. The molecule has 0 aromatic heterocycles. The number of amides is 1. The van der Waals surface area contributed by atoms with E-state index in [2.05, 4.69) is 11.7 Å². The predicted octanol–water partition coefficient (Wildman–Crippen LogP) is 2.67. The fourth-order valence-electron chi connectivity index (χ4n) is 3.09. The average Bonchev–Trinajstić information content (AvgIpc) is 2.65. The Morgan fingerprint density at radius 3 is 2.16 bits per heavy atom. The average molecular weight is 347 g/mol. The molecule has 0 unspecified atom stereocenters. The Balaban J connectivity index is 1.93. The Labute approximate surface area is 148 Å². The molecule has 2 rings (SSSR count). The summed E-state index contributed by atoms with van der Waals surface area (Å²) in [6, 6.07) is 6.42. The fraction of sp³-hybridized carbons (Fsp3) is 0.526. The summed E-state index contributed by atoms with van der Waals surface area (Å²) in [5.74, 6) is -0.858. The van der Waals surface area contributed by atoms with Crippen LogP contribution in [0, 0.1) is 5.92 Å². The van der Waals surface area contributed by atoms with Crippen LogP contribution in [0.4, 0.5) is 0 Å². The first-order chi connectivity index (χ1) is 11.9. The van der Waals surface area contributed by atoms with Crippen LogP contribution >= 0.6 is 0 Å². The van der Waals surface area contributed by atoms with Gasteiger partial charge in [-0.05, 0) is 43.7 Å². The Morgan fingerprint density at radius 1 is 1.04 bits per heavy atom. The maximum Gasteiger partial charge on any atom is 0.339 e. The third-order valence-electron chi connectivity index (χ3n) is 4.81. The topological polar surface area (TPSA) is 72.9 Å². The molecule has 0 aliphatic heterocycles. The van der Waals surface area contributed by atoms with Gasteiger partial charge in [0.1, 0.15) is 0 Å².